The second kappa shape index (κ2) is 7.71. The molecule has 132 valence electrons. The lowest BCUT2D eigenvalue weighted by molar-refractivity contribution is -0.534. The van der Waals surface area contributed by atoms with E-state index in [0.29, 0.717) is 6.54 Å². The van der Waals surface area contributed by atoms with E-state index in [2.05, 4.69) is 33.7 Å². The summed E-state index contributed by atoms with van der Waals surface area (Å²) in [6, 6.07) is 20.6. The van der Waals surface area contributed by atoms with Gasteiger partial charge in [-0.3, -0.25) is 4.58 Å². The van der Waals surface area contributed by atoms with Crippen LogP contribution in [0.3, 0.4) is 0 Å². The van der Waals surface area contributed by atoms with Gasteiger partial charge in [0.05, 0.1) is 6.54 Å². The second-order valence-electron chi connectivity index (χ2n) is 6.90. The van der Waals surface area contributed by atoms with E-state index in [4.69, 9.17) is 0 Å². The van der Waals surface area contributed by atoms with Crippen molar-refractivity contribution in [3.05, 3.63) is 71.8 Å². The number of hydrogen-bond acceptors (Lipinski definition) is 2. The summed E-state index contributed by atoms with van der Waals surface area (Å²) in [5.74, 6) is 1.31. The molecule has 2 aromatic carbocycles. The fourth-order valence-corrected chi connectivity index (χ4v) is 4.03. The maximum atomic E-state index is 11.7. The van der Waals surface area contributed by atoms with Gasteiger partial charge in [0.25, 0.3) is 5.72 Å². The van der Waals surface area contributed by atoms with E-state index in [9.17, 15) is 5.11 Å². The van der Waals surface area contributed by atoms with Crippen LogP contribution in [0.15, 0.2) is 60.7 Å². The summed E-state index contributed by atoms with van der Waals surface area (Å²) in [6.07, 6.45) is 4.76. The normalized spacial score (nSPS) is 23.0. The Kier molecular flexibility index (Phi) is 5.60. The molecule has 0 bridgehead atoms. The number of benzene rings is 2. The van der Waals surface area contributed by atoms with Gasteiger partial charge in [-0.05, 0) is 24.8 Å². The molecule has 2 aliphatic rings. The quantitative estimate of drug-likeness (QED) is 0.751. The molecule has 1 unspecified atom stereocenters. The lowest BCUT2D eigenvalue weighted by atomic mass is 10.00. The van der Waals surface area contributed by atoms with Gasteiger partial charge in [0.1, 0.15) is 6.54 Å². The minimum atomic E-state index is -0.941. The number of rotatable bonds is 3. The fourth-order valence-electron chi connectivity index (χ4n) is 4.03. The first-order valence-electron chi connectivity index (χ1n) is 8.98. The SMILES string of the molecule is OC1(c2ccccc2)C[N+]2=C(CCCCC2)N1Cc1ccccc1.[Br-]. The highest BCUT2D eigenvalue weighted by molar-refractivity contribution is 5.79. The lowest BCUT2D eigenvalue weighted by Crippen LogP contribution is -3.00. The molecule has 0 amide bonds. The second-order valence-corrected chi connectivity index (χ2v) is 6.90. The van der Waals surface area contributed by atoms with E-state index in [1.54, 1.807) is 0 Å². The monoisotopic (exact) mass is 400 g/mol. The van der Waals surface area contributed by atoms with Crippen molar-refractivity contribution in [2.45, 2.75) is 38.0 Å². The molecule has 0 spiro atoms. The zero-order valence-electron chi connectivity index (χ0n) is 14.4. The minimum Gasteiger partial charge on any atom is -1.00 e. The van der Waals surface area contributed by atoms with Crippen LogP contribution in [0.1, 0.15) is 36.8 Å². The topological polar surface area (TPSA) is 26.5 Å². The largest absolute Gasteiger partial charge is 1.00 e. The molecule has 4 rings (SSSR count). The Morgan fingerprint density at radius 2 is 1.60 bits per heavy atom. The highest BCUT2D eigenvalue weighted by Gasteiger charge is 2.52. The van der Waals surface area contributed by atoms with Crippen LogP contribution in [-0.2, 0) is 12.3 Å². The van der Waals surface area contributed by atoms with Crippen molar-refractivity contribution in [1.29, 1.82) is 0 Å². The molecular weight excluding hydrogens is 376 g/mol. The third-order valence-electron chi connectivity index (χ3n) is 5.28. The third kappa shape index (κ3) is 3.51. The minimum absolute atomic E-state index is 0. The first-order valence-corrected chi connectivity index (χ1v) is 8.98. The maximum absolute atomic E-state index is 11.7. The van der Waals surface area contributed by atoms with Gasteiger partial charge < -0.3 is 22.1 Å². The van der Waals surface area contributed by atoms with Gasteiger partial charge in [0, 0.05) is 12.0 Å². The Morgan fingerprint density at radius 1 is 0.920 bits per heavy atom. The highest BCUT2D eigenvalue weighted by atomic mass is 79.9. The van der Waals surface area contributed by atoms with Crippen LogP contribution in [0.4, 0.5) is 0 Å². The van der Waals surface area contributed by atoms with E-state index in [-0.39, 0.29) is 17.0 Å². The predicted octanol–water partition coefficient (Wildman–Crippen LogP) is 0.337. The molecule has 0 aromatic heterocycles. The van der Waals surface area contributed by atoms with Gasteiger partial charge in [-0.25, -0.2) is 4.90 Å². The standard InChI is InChI=1S/C21H25N2O.BrH/c24-21(19-12-6-2-7-13-19)17-22-15-9-3-8-14-20(22)23(21)16-18-10-4-1-5-11-18;/h1-2,4-7,10-13,24H,3,8-9,14-17H2;1H/q+1;/p-1. The van der Waals surface area contributed by atoms with Gasteiger partial charge in [-0.15, -0.1) is 0 Å². The van der Waals surface area contributed by atoms with Crippen molar-refractivity contribution in [1.82, 2.24) is 4.90 Å². The summed E-state index contributed by atoms with van der Waals surface area (Å²) in [5, 5.41) is 11.7. The molecule has 2 aromatic rings. The average molecular weight is 401 g/mol. The van der Waals surface area contributed by atoms with E-state index >= 15 is 0 Å². The average Bonchev–Trinajstić information content (AvgIpc) is 2.77. The van der Waals surface area contributed by atoms with E-state index in [1.807, 2.05) is 36.4 Å². The smallest absolute Gasteiger partial charge is 0.270 e. The summed E-state index contributed by atoms with van der Waals surface area (Å²) in [5.41, 5.74) is 1.29. The molecule has 4 heteroatoms. The lowest BCUT2D eigenvalue weighted by Gasteiger charge is -2.29. The highest BCUT2D eigenvalue weighted by Crippen LogP contribution is 2.34. The Labute approximate surface area is 160 Å². The zero-order chi connectivity index (χ0) is 16.4. The number of amidine groups is 1. The van der Waals surface area contributed by atoms with Crippen molar-refractivity contribution in [2.24, 2.45) is 0 Å². The molecule has 1 N–H and O–H groups in total. The number of nitrogens with zero attached hydrogens (tertiary/aromatic N) is 2. The molecular formula is C21H25BrN2O. The first kappa shape index (κ1) is 18.2. The van der Waals surface area contributed by atoms with E-state index < -0.39 is 5.72 Å². The number of hydrogen-bond donors (Lipinski definition) is 1. The van der Waals surface area contributed by atoms with Crippen molar-refractivity contribution in [2.75, 3.05) is 13.1 Å². The molecule has 0 radical (unpaired) electrons. The molecule has 25 heavy (non-hydrogen) atoms. The summed E-state index contributed by atoms with van der Waals surface area (Å²) < 4.78 is 2.41. The van der Waals surface area contributed by atoms with Gasteiger partial charge in [-0.2, -0.15) is 0 Å². The van der Waals surface area contributed by atoms with Crippen molar-refractivity contribution in [3.8, 4) is 0 Å². The van der Waals surface area contributed by atoms with Crippen LogP contribution in [0.25, 0.3) is 0 Å². The first-order chi connectivity index (χ1) is 11.8. The summed E-state index contributed by atoms with van der Waals surface area (Å²) in [7, 11) is 0. The van der Waals surface area contributed by atoms with Crippen LogP contribution < -0.4 is 17.0 Å². The number of aliphatic hydroxyl groups is 1. The van der Waals surface area contributed by atoms with Gasteiger partial charge in [0.15, 0.2) is 6.54 Å². The fraction of sp³-hybridized carbons (Fsp3) is 0.381. The molecule has 0 saturated heterocycles. The van der Waals surface area contributed by atoms with Crippen LogP contribution in [-0.4, -0.2) is 33.5 Å². The Morgan fingerprint density at radius 3 is 2.32 bits per heavy atom. The van der Waals surface area contributed by atoms with E-state index in [1.165, 1.54) is 30.7 Å². The zero-order valence-corrected chi connectivity index (χ0v) is 16.0. The van der Waals surface area contributed by atoms with E-state index in [0.717, 1.165) is 25.1 Å². The van der Waals surface area contributed by atoms with Crippen LogP contribution >= 0.6 is 0 Å². The Hall–Kier alpha value is -1.65. The summed E-state index contributed by atoms with van der Waals surface area (Å²) in [4.78, 5) is 2.24. The van der Waals surface area contributed by atoms with Crippen molar-refractivity contribution >= 4 is 5.84 Å². The predicted molar refractivity (Wildman–Crippen MR) is 95.8 cm³/mol. The van der Waals surface area contributed by atoms with Gasteiger partial charge >= 0.3 is 0 Å². The Balaban J connectivity index is 0.00000182. The van der Waals surface area contributed by atoms with Crippen LogP contribution in [0.2, 0.25) is 0 Å². The number of halogens is 1. The molecule has 2 heterocycles. The molecule has 0 saturated carbocycles. The molecule has 3 nitrogen and oxygen atoms in total. The maximum Gasteiger partial charge on any atom is 0.270 e. The molecule has 0 fully saturated rings. The van der Waals surface area contributed by atoms with Crippen LogP contribution in [0, 0.1) is 0 Å². The summed E-state index contributed by atoms with van der Waals surface area (Å²) in [6.45, 7) is 2.47. The summed E-state index contributed by atoms with van der Waals surface area (Å²) >= 11 is 0. The van der Waals surface area contributed by atoms with Crippen molar-refractivity contribution < 1.29 is 26.7 Å². The van der Waals surface area contributed by atoms with Gasteiger partial charge in [-0.1, -0.05) is 60.7 Å². The van der Waals surface area contributed by atoms with Crippen molar-refractivity contribution in [3.63, 3.8) is 0 Å². The van der Waals surface area contributed by atoms with Gasteiger partial charge in [0.2, 0.25) is 5.84 Å². The van der Waals surface area contributed by atoms with Crippen LogP contribution in [0.5, 0.6) is 0 Å². The molecule has 2 aliphatic heterocycles. The molecule has 0 aliphatic carbocycles. The third-order valence-corrected chi connectivity index (χ3v) is 5.28. The Bertz CT molecular complexity index is 732. The molecule has 1 atom stereocenters.